The SMILES string of the molecule is CC(=O)c1cccc(S(=O)(=O)N2CC3CCC(C2)O3)c1. The molecule has 0 aromatic heterocycles. The van der Waals surface area contributed by atoms with E-state index in [-0.39, 0.29) is 22.9 Å². The van der Waals surface area contributed by atoms with Crippen molar-refractivity contribution in [2.75, 3.05) is 13.1 Å². The van der Waals surface area contributed by atoms with Gasteiger partial charge >= 0.3 is 0 Å². The maximum atomic E-state index is 12.6. The van der Waals surface area contributed by atoms with Crippen LogP contribution in [0.1, 0.15) is 30.1 Å². The number of hydrogen-bond donors (Lipinski definition) is 0. The lowest BCUT2D eigenvalue weighted by atomic mass is 10.2. The molecule has 2 atom stereocenters. The van der Waals surface area contributed by atoms with Gasteiger partial charge in [0.1, 0.15) is 0 Å². The van der Waals surface area contributed by atoms with Crippen LogP contribution in [0.25, 0.3) is 0 Å². The van der Waals surface area contributed by atoms with Gasteiger partial charge in [0, 0.05) is 18.7 Å². The van der Waals surface area contributed by atoms with Crippen LogP contribution in [0.2, 0.25) is 0 Å². The molecule has 3 rings (SSSR count). The molecular formula is C14H17NO4S. The van der Waals surface area contributed by atoms with E-state index in [4.69, 9.17) is 4.74 Å². The number of ether oxygens (including phenoxy) is 1. The maximum Gasteiger partial charge on any atom is 0.243 e. The Morgan fingerprint density at radius 2 is 1.90 bits per heavy atom. The Hall–Kier alpha value is -1.24. The fourth-order valence-corrected chi connectivity index (χ4v) is 4.35. The summed E-state index contributed by atoms with van der Waals surface area (Å²) in [6.07, 6.45) is 1.87. The molecule has 1 aromatic rings. The number of sulfonamides is 1. The largest absolute Gasteiger partial charge is 0.372 e. The highest BCUT2D eigenvalue weighted by molar-refractivity contribution is 7.89. The van der Waals surface area contributed by atoms with Crippen molar-refractivity contribution in [3.8, 4) is 0 Å². The molecule has 108 valence electrons. The highest BCUT2D eigenvalue weighted by Gasteiger charge is 2.39. The summed E-state index contributed by atoms with van der Waals surface area (Å²) in [5.74, 6) is -0.135. The highest BCUT2D eigenvalue weighted by atomic mass is 32.2. The van der Waals surface area contributed by atoms with Crippen molar-refractivity contribution in [3.63, 3.8) is 0 Å². The first-order valence-electron chi connectivity index (χ1n) is 6.73. The minimum atomic E-state index is -3.54. The monoisotopic (exact) mass is 295 g/mol. The van der Waals surface area contributed by atoms with E-state index in [0.29, 0.717) is 18.7 Å². The van der Waals surface area contributed by atoms with Gasteiger partial charge in [-0.05, 0) is 31.9 Å². The lowest BCUT2D eigenvalue weighted by molar-refractivity contribution is -0.0114. The molecule has 2 fully saturated rings. The van der Waals surface area contributed by atoms with Crippen molar-refractivity contribution >= 4 is 15.8 Å². The molecule has 2 saturated heterocycles. The Morgan fingerprint density at radius 3 is 2.50 bits per heavy atom. The molecule has 2 unspecified atom stereocenters. The van der Waals surface area contributed by atoms with Gasteiger partial charge < -0.3 is 4.74 Å². The van der Waals surface area contributed by atoms with Crippen LogP contribution in [0, 0.1) is 0 Å². The van der Waals surface area contributed by atoms with Crippen LogP contribution in [0.3, 0.4) is 0 Å². The second-order valence-corrected chi connectivity index (χ2v) is 7.30. The number of benzene rings is 1. The zero-order valence-corrected chi connectivity index (χ0v) is 12.1. The van der Waals surface area contributed by atoms with E-state index in [2.05, 4.69) is 0 Å². The molecule has 0 N–H and O–H groups in total. The number of morpholine rings is 1. The first-order valence-corrected chi connectivity index (χ1v) is 8.17. The smallest absolute Gasteiger partial charge is 0.243 e. The zero-order chi connectivity index (χ0) is 14.3. The molecule has 20 heavy (non-hydrogen) atoms. The van der Waals surface area contributed by atoms with Crippen LogP contribution < -0.4 is 0 Å². The summed E-state index contributed by atoms with van der Waals surface area (Å²) in [7, 11) is -3.54. The van der Waals surface area contributed by atoms with Crippen LogP contribution in [0.5, 0.6) is 0 Å². The maximum absolute atomic E-state index is 12.6. The van der Waals surface area contributed by atoms with E-state index in [1.54, 1.807) is 18.2 Å². The van der Waals surface area contributed by atoms with Gasteiger partial charge in [0.05, 0.1) is 17.1 Å². The Bertz CT molecular complexity index is 628. The molecule has 6 heteroatoms. The fourth-order valence-electron chi connectivity index (χ4n) is 2.80. The van der Waals surface area contributed by atoms with E-state index < -0.39 is 10.0 Å². The first-order chi connectivity index (χ1) is 9.46. The van der Waals surface area contributed by atoms with Crippen LogP contribution in [0.15, 0.2) is 29.2 Å². The van der Waals surface area contributed by atoms with Gasteiger partial charge in [-0.3, -0.25) is 4.79 Å². The van der Waals surface area contributed by atoms with E-state index in [9.17, 15) is 13.2 Å². The van der Waals surface area contributed by atoms with Crippen molar-refractivity contribution in [3.05, 3.63) is 29.8 Å². The summed E-state index contributed by atoms with van der Waals surface area (Å²) in [5, 5.41) is 0. The normalized spacial score (nSPS) is 26.6. The second-order valence-electron chi connectivity index (χ2n) is 5.36. The molecule has 2 heterocycles. The standard InChI is InChI=1S/C14H17NO4S/c1-10(16)11-3-2-4-14(7-11)20(17,18)15-8-12-5-6-13(9-15)19-12/h2-4,7,12-13H,5-6,8-9H2,1H3. The first kappa shape index (κ1) is 13.7. The van der Waals surface area contributed by atoms with Crippen LogP contribution in [-0.2, 0) is 14.8 Å². The number of Topliss-reactive ketones (excluding diaryl/α,β-unsaturated/α-hetero) is 1. The third-order valence-electron chi connectivity index (χ3n) is 3.89. The third-order valence-corrected chi connectivity index (χ3v) is 5.72. The topological polar surface area (TPSA) is 63.7 Å². The van der Waals surface area contributed by atoms with Gasteiger partial charge in [0.2, 0.25) is 10.0 Å². The predicted octanol–water partition coefficient (Wildman–Crippen LogP) is 1.44. The summed E-state index contributed by atoms with van der Waals surface area (Å²) < 4.78 is 32.4. The fraction of sp³-hybridized carbons (Fsp3) is 0.500. The Kier molecular flexibility index (Phi) is 3.40. The average Bonchev–Trinajstić information content (AvgIpc) is 2.77. The summed E-state index contributed by atoms with van der Waals surface area (Å²) in [5.41, 5.74) is 0.419. The Morgan fingerprint density at radius 1 is 1.25 bits per heavy atom. The van der Waals surface area contributed by atoms with Gasteiger partial charge in [0.15, 0.2) is 5.78 Å². The lowest BCUT2D eigenvalue weighted by Gasteiger charge is -2.31. The summed E-state index contributed by atoms with van der Waals surface area (Å²) >= 11 is 0. The second kappa shape index (κ2) is 4.95. The number of nitrogens with zero attached hydrogens (tertiary/aromatic N) is 1. The highest BCUT2D eigenvalue weighted by Crippen LogP contribution is 2.30. The molecule has 0 spiro atoms. The Balaban J connectivity index is 1.92. The van der Waals surface area contributed by atoms with Gasteiger partial charge in [-0.1, -0.05) is 12.1 Å². The molecule has 5 nitrogen and oxygen atoms in total. The van der Waals surface area contributed by atoms with Gasteiger partial charge in [-0.25, -0.2) is 8.42 Å². The van der Waals surface area contributed by atoms with Crippen molar-refractivity contribution in [1.82, 2.24) is 4.31 Å². The molecule has 0 amide bonds. The quantitative estimate of drug-likeness (QED) is 0.792. The number of ketones is 1. The van der Waals surface area contributed by atoms with E-state index in [0.717, 1.165) is 12.8 Å². The van der Waals surface area contributed by atoms with E-state index >= 15 is 0 Å². The molecular weight excluding hydrogens is 278 g/mol. The summed E-state index contributed by atoms with van der Waals surface area (Å²) in [6, 6.07) is 6.23. The number of carbonyl (C=O) groups is 1. The third kappa shape index (κ3) is 2.39. The minimum Gasteiger partial charge on any atom is -0.372 e. The number of fused-ring (bicyclic) bond motifs is 2. The molecule has 0 radical (unpaired) electrons. The van der Waals surface area contributed by atoms with Crippen molar-refractivity contribution < 1.29 is 17.9 Å². The van der Waals surface area contributed by atoms with Crippen molar-refractivity contribution in [2.45, 2.75) is 36.9 Å². The molecule has 1 aromatic carbocycles. The van der Waals surface area contributed by atoms with E-state index in [1.165, 1.54) is 17.3 Å². The molecule has 2 bridgehead atoms. The summed E-state index contributed by atoms with van der Waals surface area (Å²) in [6.45, 7) is 2.24. The number of hydrogen-bond acceptors (Lipinski definition) is 4. The lowest BCUT2D eigenvalue weighted by Crippen LogP contribution is -2.45. The molecule has 0 aliphatic carbocycles. The number of carbonyl (C=O) groups excluding carboxylic acids is 1. The van der Waals surface area contributed by atoms with Crippen LogP contribution >= 0.6 is 0 Å². The minimum absolute atomic E-state index is 0.0134. The van der Waals surface area contributed by atoms with Crippen molar-refractivity contribution in [1.29, 1.82) is 0 Å². The van der Waals surface area contributed by atoms with E-state index in [1.807, 2.05) is 0 Å². The number of rotatable bonds is 3. The average molecular weight is 295 g/mol. The molecule has 2 aliphatic heterocycles. The molecule has 2 aliphatic rings. The Labute approximate surface area is 118 Å². The van der Waals surface area contributed by atoms with Gasteiger partial charge in [-0.2, -0.15) is 4.31 Å². The zero-order valence-electron chi connectivity index (χ0n) is 11.3. The predicted molar refractivity (Wildman–Crippen MR) is 73.1 cm³/mol. The van der Waals surface area contributed by atoms with Crippen molar-refractivity contribution in [2.24, 2.45) is 0 Å². The van der Waals surface area contributed by atoms with Gasteiger partial charge in [0.25, 0.3) is 0 Å². The summed E-state index contributed by atoms with van der Waals surface area (Å²) in [4.78, 5) is 11.6. The van der Waals surface area contributed by atoms with Gasteiger partial charge in [-0.15, -0.1) is 0 Å². The molecule has 0 saturated carbocycles. The van der Waals surface area contributed by atoms with Crippen LogP contribution in [-0.4, -0.2) is 43.8 Å². The van der Waals surface area contributed by atoms with Crippen LogP contribution in [0.4, 0.5) is 0 Å².